The van der Waals surface area contributed by atoms with Gasteiger partial charge in [0.2, 0.25) is 5.91 Å². The molecule has 1 unspecified atom stereocenters. The Morgan fingerprint density at radius 3 is 2.76 bits per heavy atom. The molecule has 92 valence electrons. The highest BCUT2D eigenvalue weighted by Gasteiger charge is 2.31. The normalized spacial score (nSPS) is 19.6. The zero-order valence-corrected chi connectivity index (χ0v) is 9.39. The number of nitrogens with zero attached hydrogens (tertiary/aromatic N) is 1. The van der Waals surface area contributed by atoms with Gasteiger partial charge >= 0.3 is 0 Å². The van der Waals surface area contributed by atoms with Gasteiger partial charge in [-0.1, -0.05) is 0 Å². The maximum Gasteiger partial charge on any atom is 0.289 e. The van der Waals surface area contributed by atoms with E-state index in [1.54, 1.807) is 17.0 Å². The highest BCUT2D eigenvalue weighted by atomic mass is 16.4. The van der Waals surface area contributed by atoms with Crippen LogP contribution in [0, 0.1) is 5.92 Å². The third-order valence-corrected chi connectivity index (χ3v) is 2.95. The summed E-state index contributed by atoms with van der Waals surface area (Å²) in [6.45, 7) is 1.16. The minimum atomic E-state index is -0.359. The van der Waals surface area contributed by atoms with Gasteiger partial charge in [0.1, 0.15) is 5.76 Å². The van der Waals surface area contributed by atoms with Crippen molar-refractivity contribution < 1.29 is 14.0 Å². The number of furan rings is 1. The molecule has 1 atom stereocenters. The van der Waals surface area contributed by atoms with Gasteiger partial charge in [0.15, 0.2) is 5.76 Å². The summed E-state index contributed by atoms with van der Waals surface area (Å²) < 4.78 is 5.27. The maximum absolute atomic E-state index is 12.0. The van der Waals surface area contributed by atoms with Crippen molar-refractivity contribution in [3.63, 3.8) is 0 Å². The number of primary amides is 1. The molecule has 2 heterocycles. The Labute approximate surface area is 98.5 Å². The van der Waals surface area contributed by atoms with E-state index in [1.165, 1.54) is 0 Å². The van der Waals surface area contributed by atoms with Crippen molar-refractivity contribution in [3.05, 3.63) is 23.7 Å². The first-order valence-electron chi connectivity index (χ1n) is 5.49. The Hall–Kier alpha value is -1.82. The summed E-state index contributed by atoms with van der Waals surface area (Å²) in [5.74, 6) is 0.00769. The molecule has 1 aromatic heterocycles. The van der Waals surface area contributed by atoms with Crippen LogP contribution in [0.2, 0.25) is 0 Å². The molecule has 0 bridgehead atoms. The number of carbonyl (C=O) groups is 2. The molecule has 1 aromatic rings. The molecule has 1 aliphatic heterocycles. The molecule has 2 rings (SSSR count). The lowest BCUT2D eigenvalue weighted by Crippen LogP contribution is -2.31. The van der Waals surface area contributed by atoms with E-state index in [0.29, 0.717) is 25.3 Å². The summed E-state index contributed by atoms with van der Waals surface area (Å²) in [4.78, 5) is 24.6. The summed E-state index contributed by atoms with van der Waals surface area (Å²) >= 11 is 0. The van der Waals surface area contributed by atoms with Gasteiger partial charge in [0.05, 0.1) is 12.5 Å². The number of hydrogen-bond donors (Lipinski definition) is 2. The van der Waals surface area contributed by atoms with Crippen molar-refractivity contribution in [3.8, 4) is 0 Å². The third kappa shape index (κ3) is 2.31. The predicted molar refractivity (Wildman–Crippen MR) is 59.8 cm³/mol. The van der Waals surface area contributed by atoms with Crippen LogP contribution in [0.4, 0.5) is 0 Å². The van der Waals surface area contributed by atoms with Crippen LogP contribution in [0.25, 0.3) is 0 Å². The first kappa shape index (κ1) is 11.7. The van der Waals surface area contributed by atoms with Crippen molar-refractivity contribution in [2.24, 2.45) is 17.4 Å². The summed E-state index contributed by atoms with van der Waals surface area (Å²) in [7, 11) is 0. The van der Waals surface area contributed by atoms with E-state index in [-0.39, 0.29) is 30.0 Å². The fourth-order valence-corrected chi connectivity index (χ4v) is 1.94. The number of carbonyl (C=O) groups excluding carboxylic acids is 2. The molecule has 6 heteroatoms. The van der Waals surface area contributed by atoms with Gasteiger partial charge in [0.25, 0.3) is 5.91 Å². The van der Waals surface area contributed by atoms with E-state index < -0.39 is 0 Å². The van der Waals surface area contributed by atoms with E-state index in [4.69, 9.17) is 15.9 Å². The van der Waals surface area contributed by atoms with Crippen LogP contribution in [0.15, 0.2) is 16.5 Å². The number of likely N-dealkylation sites (tertiary alicyclic amines) is 1. The molecule has 4 N–H and O–H groups in total. The van der Waals surface area contributed by atoms with Crippen LogP contribution in [0.5, 0.6) is 0 Å². The Morgan fingerprint density at radius 2 is 2.24 bits per heavy atom. The average molecular weight is 237 g/mol. The lowest BCUT2D eigenvalue weighted by molar-refractivity contribution is -0.121. The third-order valence-electron chi connectivity index (χ3n) is 2.95. The summed E-state index contributed by atoms with van der Waals surface area (Å²) in [6.07, 6.45) is 0.617. The fraction of sp³-hybridized carbons (Fsp3) is 0.455. The second kappa shape index (κ2) is 4.58. The van der Waals surface area contributed by atoms with Gasteiger partial charge < -0.3 is 20.8 Å². The smallest absolute Gasteiger partial charge is 0.289 e. The van der Waals surface area contributed by atoms with Gasteiger partial charge in [-0.3, -0.25) is 9.59 Å². The van der Waals surface area contributed by atoms with Crippen LogP contribution in [0.3, 0.4) is 0 Å². The molecule has 1 aliphatic rings. The monoisotopic (exact) mass is 237 g/mol. The number of hydrogen-bond acceptors (Lipinski definition) is 4. The Kier molecular flexibility index (Phi) is 3.14. The molecule has 0 spiro atoms. The molecule has 17 heavy (non-hydrogen) atoms. The molecule has 2 amide bonds. The zero-order valence-electron chi connectivity index (χ0n) is 9.39. The van der Waals surface area contributed by atoms with Crippen molar-refractivity contribution in [1.82, 2.24) is 4.90 Å². The second-order valence-electron chi connectivity index (χ2n) is 4.11. The molecule has 0 aromatic carbocycles. The maximum atomic E-state index is 12.0. The second-order valence-corrected chi connectivity index (χ2v) is 4.11. The van der Waals surface area contributed by atoms with Gasteiger partial charge in [-0.25, -0.2) is 0 Å². The molecule has 0 saturated carbocycles. The molecule has 1 saturated heterocycles. The van der Waals surface area contributed by atoms with Gasteiger partial charge in [-0.2, -0.15) is 0 Å². The fourth-order valence-electron chi connectivity index (χ4n) is 1.94. The number of rotatable bonds is 3. The minimum Gasteiger partial charge on any atom is -0.455 e. The van der Waals surface area contributed by atoms with Crippen molar-refractivity contribution in [2.75, 3.05) is 13.1 Å². The number of amides is 2. The highest BCUT2D eigenvalue weighted by molar-refractivity contribution is 5.92. The van der Waals surface area contributed by atoms with E-state index >= 15 is 0 Å². The van der Waals surface area contributed by atoms with Crippen LogP contribution in [-0.2, 0) is 11.3 Å². The quantitative estimate of drug-likeness (QED) is 0.752. The SMILES string of the molecule is NCc1ccc(C(=O)N2CCC(C(N)=O)C2)o1. The molecule has 1 fully saturated rings. The summed E-state index contributed by atoms with van der Waals surface area (Å²) in [5, 5.41) is 0. The van der Waals surface area contributed by atoms with Gasteiger partial charge in [0, 0.05) is 13.1 Å². The number of nitrogens with two attached hydrogens (primary N) is 2. The van der Waals surface area contributed by atoms with Crippen molar-refractivity contribution in [1.29, 1.82) is 0 Å². The van der Waals surface area contributed by atoms with Crippen molar-refractivity contribution >= 4 is 11.8 Å². The molecular weight excluding hydrogens is 222 g/mol. The summed E-state index contributed by atoms with van der Waals surface area (Å²) in [5.41, 5.74) is 10.6. The average Bonchev–Trinajstić information content (AvgIpc) is 2.97. The first-order valence-corrected chi connectivity index (χ1v) is 5.49. The lowest BCUT2D eigenvalue weighted by atomic mass is 10.1. The Morgan fingerprint density at radius 1 is 1.47 bits per heavy atom. The van der Waals surface area contributed by atoms with Crippen LogP contribution < -0.4 is 11.5 Å². The van der Waals surface area contributed by atoms with Crippen LogP contribution in [0.1, 0.15) is 22.7 Å². The largest absolute Gasteiger partial charge is 0.455 e. The molecule has 0 aliphatic carbocycles. The lowest BCUT2D eigenvalue weighted by Gasteiger charge is -2.13. The van der Waals surface area contributed by atoms with Crippen LogP contribution >= 0.6 is 0 Å². The van der Waals surface area contributed by atoms with E-state index in [1.807, 2.05) is 0 Å². The topological polar surface area (TPSA) is 103 Å². The molecular formula is C11H15N3O3. The molecule has 6 nitrogen and oxygen atoms in total. The Bertz CT molecular complexity index is 441. The first-order chi connectivity index (χ1) is 8.11. The highest BCUT2D eigenvalue weighted by Crippen LogP contribution is 2.19. The molecule has 0 radical (unpaired) electrons. The standard InChI is InChI=1S/C11H15N3O3/c12-5-8-1-2-9(17-8)11(16)14-4-3-7(6-14)10(13)15/h1-2,7H,3-6,12H2,(H2,13,15). The summed E-state index contributed by atoms with van der Waals surface area (Å²) in [6, 6.07) is 3.27. The van der Waals surface area contributed by atoms with Crippen LogP contribution in [-0.4, -0.2) is 29.8 Å². The van der Waals surface area contributed by atoms with E-state index in [0.717, 1.165) is 0 Å². The van der Waals surface area contributed by atoms with Gasteiger partial charge in [-0.05, 0) is 18.6 Å². The van der Waals surface area contributed by atoms with E-state index in [2.05, 4.69) is 0 Å². The van der Waals surface area contributed by atoms with Crippen molar-refractivity contribution in [2.45, 2.75) is 13.0 Å². The van der Waals surface area contributed by atoms with Gasteiger partial charge in [-0.15, -0.1) is 0 Å². The Balaban J connectivity index is 2.04. The minimum absolute atomic E-state index is 0.214. The predicted octanol–water partition coefficient (Wildman–Crippen LogP) is -0.314. The van der Waals surface area contributed by atoms with E-state index in [9.17, 15) is 9.59 Å². The zero-order chi connectivity index (χ0) is 12.4.